The van der Waals surface area contributed by atoms with Crippen LogP contribution in [0, 0.1) is 19.8 Å². The molecular formula is C19H27NS. The summed E-state index contributed by atoms with van der Waals surface area (Å²) < 4.78 is 0. The lowest BCUT2D eigenvalue weighted by Crippen LogP contribution is -2.27. The molecule has 2 aromatic rings. The van der Waals surface area contributed by atoms with Gasteiger partial charge in [0.2, 0.25) is 0 Å². The van der Waals surface area contributed by atoms with Crippen molar-refractivity contribution in [2.24, 2.45) is 5.92 Å². The van der Waals surface area contributed by atoms with Gasteiger partial charge in [-0.05, 0) is 44.0 Å². The van der Waals surface area contributed by atoms with Gasteiger partial charge >= 0.3 is 0 Å². The van der Waals surface area contributed by atoms with E-state index < -0.39 is 0 Å². The highest BCUT2D eigenvalue weighted by atomic mass is 32.1. The molecule has 0 saturated heterocycles. The predicted molar refractivity (Wildman–Crippen MR) is 94.2 cm³/mol. The van der Waals surface area contributed by atoms with Gasteiger partial charge in [-0.25, -0.2) is 0 Å². The van der Waals surface area contributed by atoms with Gasteiger partial charge in [0.05, 0.1) is 0 Å². The van der Waals surface area contributed by atoms with Gasteiger partial charge < -0.3 is 5.32 Å². The second kappa shape index (κ2) is 7.24. The Balaban J connectivity index is 2.45. The largest absolute Gasteiger partial charge is 0.312 e. The monoisotopic (exact) mass is 301 g/mol. The third kappa shape index (κ3) is 3.56. The first-order valence-corrected chi connectivity index (χ1v) is 8.69. The Hall–Kier alpha value is -1.12. The second-order valence-corrected chi connectivity index (χ2v) is 7.28. The van der Waals surface area contributed by atoms with E-state index in [9.17, 15) is 0 Å². The quantitative estimate of drug-likeness (QED) is 0.747. The Morgan fingerprint density at radius 2 is 1.81 bits per heavy atom. The maximum atomic E-state index is 3.60. The summed E-state index contributed by atoms with van der Waals surface area (Å²) in [5.41, 5.74) is 2.86. The number of hydrogen-bond acceptors (Lipinski definition) is 2. The SMILES string of the molecule is CCC(C)C(c1ccccc1)C(NC)c1sc(C)cc1C. The van der Waals surface area contributed by atoms with Crippen LogP contribution in [0.5, 0.6) is 0 Å². The number of thiophene rings is 1. The summed E-state index contributed by atoms with van der Waals surface area (Å²) >= 11 is 1.94. The Morgan fingerprint density at radius 1 is 1.14 bits per heavy atom. The molecule has 0 saturated carbocycles. The van der Waals surface area contributed by atoms with Gasteiger partial charge in [-0.3, -0.25) is 0 Å². The third-order valence-electron chi connectivity index (χ3n) is 4.47. The first-order chi connectivity index (χ1) is 10.1. The molecule has 1 aromatic heterocycles. The van der Waals surface area contributed by atoms with Crippen LogP contribution in [-0.4, -0.2) is 7.05 Å². The zero-order valence-corrected chi connectivity index (χ0v) is 14.6. The average Bonchev–Trinajstić information content (AvgIpc) is 2.83. The fraction of sp³-hybridized carbons (Fsp3) is 0.474. The molecule has 0 bridgehead atoms. The summed E-state index contributed by atoms with van der Waals surface area (Å²) in [4.78, 5) is 2.89. The Kier molecular flexibility index (Phi) is 5.60. The van der Waals surface area contributed by atoms with Crippen LogP contribution < -0.4 is 5.32 Å². The van der Waals surface area contributed by atoms with Crippen LogP contribution in [-0.2, 0) is 0 Å². The summed E-state index contributed by atoms with van der Waals surface area (Å²) in [6.45, 7) is 9.11. The molecule has 0 fully saturated rings. The lowest BCUT2D eigenvalue weighted by Gasteiger charge is -2.32. The van der Waals surface area contributed by atoms with Crippen molar-refractivity contribution in [2.75, 3.05) is 7.05 Å². The molecule has 3 unspecified atom stereocenters. The molecule has 0 amide bonds. The number of nitrogens with one attached hydrogen (secondary N) is 1. The minimum Gasteiger partial charge on any atom is -0.312 e. The maximum absolute atomic E-state index is 3.60. The molecule has 0 aliphatic rings. The highest BCUT2D eigenvalue weighted by molar-refractivity contribution is 7.12. The van der Waals surface area contributed by atoms with E-state index >= 15 is 0 Å². The molecule has 3 atom stereocenters. The molecule has 1 heterocycles. The van der Waals surface area contributed by atoms with Crippen molar-refractivity contribution in [1.82, 2.24) is 5.32 Å². The van der Waals surface area contributed by atoms with Crippen molar-refractivity contribution in [2.45, 2.75) is 46.1 Å². The molecular weight excluding hydrogens is 274 g/mol. The van der Waals surface area contributed by atoms with E-state index in [4.69, 9.17) is 0 Å². The molecule has 2 rings (SSSR count). The second-order valence-electron chi connectivity index (χ2n) is 5.99. The molecule has 2 heteroatoms. The fourth-order valence-electron chi connectivity index (χ4n) is 3.22. The van der Waals surface area contributed by atoms with Gasteiger partial charge in [-0.15, -0.1) is 11.3 Å². The normalized spacial score (nSPS) is 15.7. The molecule has 1 N–H and O–H groups in total. The highest BCUT2D eigenvalue weighted by Gasteiger charge is 2.29. The van der Waals surface area contributed by atoms with Gasteiger partial charge in [0, 0.05) is 21.7 Å². The van der Waals surface area contributed by atoms with Gasteiger partial charge in [0.25, 0.3) is 0 Å². The first-order valence-electron chi connectivity index (χ1n) is 7.87. The van der Waals surface area contributed by atoms with Gasteiger partial charge in [0.15, 0.2) is 0 Å². The average molecular weight is 301 g/mol. The fourth-order valence-corrected chi connectivity index (χ4v) is 4.41. The lowest BCUT2D eigenvalue weighted by molar-refractivity contribution is 0.357. The smallest absolute Gasteiger partial charge is 0.0487 e. The van der Waals surface area contributed by atoms with Gasteiger partial charge in [-0.2, -0.15) is 0 Å². The van der Waals surface area contributed by atoms with E-state index in [1.807, 2.05) is 11.3 Å². The number of rotatable bonds is 6. The Morgan fingerprint density at radius 3 is 2.29 bits per heavy atom. The predicted octanol–water partition coefficient (Wildman–Crippen LogP) is 5.46. The topological polar surface area (TPSA) is 12.0 Å². The van der Waals surface area contributed by atoms with Crippen molar-refractivity contribution < 1.29 is 0 Å². The molecule has 1 aromatic carbocycles. The van der Waals surface area contributed by atoms with E-state index in [1.165, 1.54) is 27.3 Å². The summed E-state index contributed by atoms with van der Waals surface area (Å²) in [6.07, 6.45) is 1.20. The van der Waals surface area contributed by atoms with Crippen LogP contribution in [0.15, 0.2) is 36.4 Å². The molecule has 0 radical (unpaired) electrons. The number of aryl methyl sites for hydroxylation is 2. The molecule has 21 heavy (non-hydrogen) atoms. The molecule has 0 aliphatic heterocycles. The van der Waals surface area contributed by atoms with Gasteiger partial charge in [0.1, 0.15) is 0 Å². The zero-order valence-electron chi connectivity index (χ0n) is 13.8. The van der Waals surface area contributed by atoms with Crippen molar-refractivity contribution in [3.05, 3.63) is 57.3 Å². The van der Waals surface area contributed by atoms with Crippen LogP contribution >= 0.6 is 11.3 Å². The van der Waals surface area contributed by atoms with E-state index in [2.05, 4.69) is 76.5 Å². The van der Waals surface area contributed by atoms with Crippen molar-refractivity contribution in [1.29, 1.82) is 0 Å². The minimum atomic E-state index is 0.390. The van der Waals surface area contributed by atoms with E-state index in [0.717, 1.165) is 0 Å². The zero-order chi connectivity index (χ0) is 15.4. The minimum absolute atomic E-state index is 0.390. The van der Waals surface area contributed by atoms with Crippen LogP contribution in [0.1, 0.15) is 53.1 Å². The molecule has 0 spiro atoms. The summed E-state index contributed by atoms with van der Waals surface area (Å²) in [5.74, 6) is 1.16. The lowest BCUT2D eigenvalue weighted by atomic mass is 9.79. The molecule has 1 nitrogen and oxygen atoms in total. The van der Waals surface area contributed by atoms with Crippen LogP contribution in [0.25, 0.3) is 0 Å². The van der Waals surface area contributed by atoms with E-state index in [1.54, 1.807) is 0 Å². The standard InChI is InChI=1S/C19H27NS/c1-6-13(2)17(16-10-8-7-9-11-16)18(20-5)19-14(3)12-15(4)21-19/h7-13,17-18,20H,6H2,1-5H3. The molecule has 114 valence electrons. The summed E-state index contributed by atoms with van der Waals surface area (Å²) in [5, 5.41) is 3.60. The van der Waals surface area contributed by atoms with E-state index in [-0.39, 0.29) is 0 Å². The van der Waals surface area contributed by atoms with Crippen molar-refractivity contribution in [3.8, 4) is 0 Å². The summed E-state index contributed by atoms with van der Waals surface area (Å²) in [6, 6.07) is 13.7. The van der Waals surface area contributed by atoms with E-state index in [0.29, 0.717) is 17.9 Å². The molecule has 0 aliphatic carbocycles. The van der Waals surface area contributed by atoms with Crippen LogP contribution in [0.4, 0.5) is 0 Å². The summed E-state index contributed by atoms with van der Waals surface area (Å²) in [7, 11) is 2.09. The van der Waals surface area contributed by atoms with Crippen molar-refractivity contribution >= 4 is 11.3 Å². The maximum Gasteiger partial charge on any atom is 0.0487 e. The van der Waals surface area contributed by atoms with Gasteiger partial charge in [-0.1, -0.05) is 50.6 Å². The number of hydrogen-bond donors (Lipinski definition) is 1. The van der Waals surface area contributed by atoms with Crippen LogP contribution in [0.3, 0.4) is 0 Å². The third-order valence-corrected chi connectivity index (χ3v) is 5.71. The number of benzene rings is 1. The Bertz CT molecular complexity index is 558. The van der Waals surface area contributed by atoms with Crippen molar-refractivity contribution in [3.63, 3.8) is 0 Å². The Labute approximate surface area is 133 Å². The highest BCUT2D eigenvalue weighted by Crippen LogP contribution is 2.41. The van der Waals surface area contributed by atoms with Crippen LogP contribution in [0.2, 0.25) is 0 Å². The first kappa shape index (κ1) is 16.3. The number of likely N-dealkylation sites (N-methyl/N-ethyl adjacent to an activating group) is 1.